The first-order valence-corrected chi connectivity index (χ1v) is 7.08. The van der Waals surface area contributed by atoms with E-state index in [1.807, 2.05) is 0 Å². The van der Waals surface area contributed by atoms with Crippen LogP contribution >= 0.6 is 0 Å². The van der Waals surface area contributed by atoms with Gasteiger partial charge in [0.1, 0.15) is 6.54 Å². The predicted octanol–water partition coefficient (Wildman–Crippen LogP) is -0.241. The average Bonchev–Trinajstić information content (AvgIpc) is 2.55. The quantitative estimate of drug-likeness (QED) is 0.564. The van der Waals surface area contributed by atoms with E-state index >= 15 is 0 Å². The second kappa shape index (κ2) is 7.39. The molecule has 0 bridgehead atoms. The lowest BCUT2D eigenvalue weighted by Crippen LogP contribution is -2.36. The standard InChI is InChI=1S/C15H17N3O5/c1-23-13(20)7-4-8-16-12(19)9-18-11-6-3-2-5-10(11)14(21)17-15(18)22/h2-3,5-6H,4,7-9H2,1H3,(H,16,19)(H,17,21,22). The first kappa shape index (κ1) is 16.5. The zero-order chi connectivity index (χ0) is 16.8. The van der Waals surface area contributed by atoms with Gasteiger partial charge in [0, 0.05) is 13.0 Å². The predicted molar refractivity (Wildman–Crippen MR) is 83.1 cm³/mol. The molecule has 0 radical (unpaired) electrons. The maximum atomic E-state index is 11.9. The van der Waals surface area contributed by atoms with E-state index in [1.165, 1.54) is 11.7 Å². The lowest BCUT2D eigenvalue weighted by molar-refractivity contribution is -0.140. The molecule has 0 aliphatic carbocycles. The van der Waals surface area contributed by atoms with Gasteiger partial charge in [-0.25, -0.2) is 4.79 Å². The van der Waals surface area contributed by atoms with Gasteiger partial charge in [-0.05, 0) is 18.6 Å². The Bertz CT molecular complexity index is 837. The molecule has 0 saturated heterocycles. The van der Waals surface area contributed by atoms with Crippen LogP contribution in [0.15, 0.2) is 33.9 Å². The summed E-state index contributed by atoms with van der Waals surface area (Å²) in [6.07, 6.45) is 0.651. The second-order valence-electron chi connectivity index (χ2n) is 4.89. The summed E-state index contributed by atoms with van der Waals surface area (Å²) in [4.78, 5) is 48.7. The van der Waals surface area contributed by atoms with E-state index in [4.69, 9.17) is 0 Å². The van der Waals surface area contributed by atoms with E-state index in [1.54, 1.807) is 24.3 Å². The van der Waals surface area contributed by atoms with Crippen molar-refractivity contribution in [1.29, 1.82) is 0 Å². The third-order valence-electron chi connectivity index (χ3n) is 3.31. The molecule has 2 aromatic rings. The summed E-state index contributed by atoms with van der Waals surface area (Å²) in [5, 5.41) is 2.96. The van der Waals surface area contributed by atoms with Crippen LogP contribution in [-0.4, -0.2) is 35.1 Å². The van der Waals surface area contributed by atoms with Crippen LogP contribution in [0.3, 0.4) is 0 Å². The average molecular weight is 319 g/mol. The molecule has 23 heavy (non-hydrogen) atoms. The smallest absolute Gasteiger partial charge is 0.329 e. The highest BCUT2D eigenvalue weighted by Gasteiger charge is 2.10. The number of hydrogen-bond donors (Lipinski definition) is 2. The van der Waals surface area contributed by atoms with Crippen molar-refractivity contribution in [2.24, 2.45) is 0 Å². The maximum absolute atomic E-state index is 11.9. The number of nitrogens with zero attached hydrogens (tertiary/aromatic N) is 1. The summed E-state index contributed by atoms with van der Waals surface area (Å²) < 4.78 is 5.70. The Morgan fingerprint density at radius 2 is 2.00 bits per heavy atom. The van der Waals surface area contributed by atoms with Crippen molar-refractivity contribution in [2.45, 2.75) is 19.4 Å². The number of benzene rings is 1. The SMILES string of the molecule is COC(=O)CCCNC(=O)Cn1c(=O)[nH]c(=O)c2ccccc21. The Kier molecular flexibility index (Phi) is 5.29. The van der Waals surface area contributed by atoms with E-state index in [0.29, 0.717) is 23.9 Å². The molecule has 8 nitrogen and oxygen atoms in total. The number of rotatable bonds is 6. The lowest BCUT2D eigenvalue weighted by atomic mass is 10.2. The number of fused-ring (bicyclic) bond motifs is 1. The molecule has 2 N–H and O–H groups in total. The Morgan fingerprint density at radius 3 is 2.74 bits per heavy atom. The molecule has 2 rings (SSSR count). The number of ether oxygens (including phenoxy) is 1. The molecule has 0 unspecified atom stereocenters. The van der Waals surface area contributed by atoms with Crippen LogP contribution in [0.4, 0.5) is 0 Å². The number of aromatic nitrogens is 2. The van der Waals surface area contributed by atoms with Gasteiger partial charge in [-0.3, -0.25) is 23.9 Å². The van der Waals surface area contributed by atoms with Crippen molar-refractivity contribution in [1.82, 2.24) is 14.9 Å². The molecule has 1 amide bonds. The van der Waals surface area contributed by atoms with Crippen molar-refractivity contribution in [3.05, 3.63) is 45.1 Å². The van der Waals surface area contributed by atoms with Gasteiger partial charge < -0.3 is 10.1 Å². The highest BCUT2D eigenvalue weighted by atomic mass is 16.5. The number of hydrogen-bond acceptors (Lipinski definition) is 5. The van der Waals surface area contributed by atoms with Crippen molar-refractivity contribution in [2.75, 3.05) is 13.7 Å². The van der Waals surface area contributed by atoms with E-state index in [2.05, 4.69) is 15.0 Å². The number of H-pyrrole nitrogens is 1. The van der Waals surface area contributed by atoms with Gasteiger partial charge in [0.2, 0.25) is 5.91 Å². The maximum Gasteiger partial charge on any atom is 0.329 e. The van der Waals surface area contributed by atoms with Gasteiger partial charge in [0.05, 0.1) is 18.0 Å². The molecule has 0 aliphatic heterocycles. The summed E-state index contributed by atoms with van der Waals surface area (Å²) in [5.41, 5.74) is -0.732. The van der Waals surface area contributed by atoms with Crippen LogP contribution in [0.25, 0.3) is 10.9 Å². The highest BCUT2D eigenvalue weighted by molar-refractivity contribution is 5.81. The third-order valence-corrected chi connectivity index (χ3v) is 3.31. The van der Waals surface area contributed by atoms with Gasteiger partial charge in [0.15, 0.2) is 0 Å². The number of carbonyl (C=O) groups is 2. The summed E-state index contributed by atoms with van der Waals surface area (Å²) in [5.74, 6) is -0.726. The van der Waals surface area contributed by atoms with Crippen LogP contribution in [0, 0.1) is 0 Å². The van der Waals surface area contributed by atoms with Crippen LogP contribution in [-0.2, 0) is 20.9 Å². The molecule has 0 fully saturated rings. The number of methoxy groups -OCH3 is 1. The van der Waals surface area contributed by atoms with Crippen LogP contribution in [0.2, 0.25) is 0 Å². The van der Waals surface area contributed by atoms with Crippen LogP contribution < -0.4 is 16.6 Å². The number of nitrogens with one attached hydrogen (secondary N) is 2. The van der Waals surface area contributed by atoms with Gasteiger partial charge in [-0.15, -0.1) is 0 Å². The van der Waals surface area contributed by atoms with Crippen molar-refractivity contribution in [3.63, 3.8) is 0 Å². The summed E-state index contributed by atoms with van der Waals surface area (Å²) >= 11 is 0. The minimum Gasteiger partial charge on any atom is -0.469 e. The zero-order valence-corrected chi connectivity index (χ0v) is 12.6. The number of amides is 1. The van der Waals surface area contributed by atoms with E-state index in [0.717, 1.165) is 0 Å². The monoisotopic (exact) mass is 319 g/mol. The molecule has 0 atom stereocenters. The van der Waals surface area contributed by atoms with Crippen LogP contribution in [0.5, 0.6) is 0 Å². The fourth-order valence-corrected chi connectivity index (χ4v) is 2.16. The summed E-state index contributed by atoms with van der Waals surface area (Å²) in [6.45, 7) is 0.0817. The highest BCUT2D eigenvalue weighted by Crippen LogP contribution is 2.06. The Balaban J connectivity index is 2.07. The normalized spacial score (nSPS) is 10.5. The molecule has 8 heteroatoms. The van der Waals surface area contributed by atoms with Crippen molar-refractivity contribution in [3.8, 4) is 0 Å². The van der Waals surface area contributed by atoms with Gasteiger partial charge in [0.25, 0.3) is 5.56 Å². The third kappa shape index (κ3) is 4.06. The topological polar surface area (TPSA) is 110 Å². The molecule has 0 spiro atoms. The number of para-hydroxylation sites is 1. The van der Waals surface area contributed by atoms with Crippen molar-refractivity contribution < 1.29 is 14.3 Å². The largest absolute Gasteiger partial charge is 0.469 e. The molecular formula is C15H17N3O5. The number of carbonyl (C=O) groups excluding carboxylic acids is 2. The van der Waals surface area contributed by atoms with Gasteiger partial charge in [-0.1, -0.05) is 12.1 Å². The van der Waals surface area contributed by atoms with Crippen LogP contribution in [0.1, 0.15) is 12.8 Å². The number of esters is 1. The van der Waals surface area contributed by atoms with E-state index in [-0.39, 0.29) is 24.8 Å². The van der Waals surface area contributed by atoms with Gasteiger partial charge in [-0.2, -0.15) is 0 Å². The minimum atomic E-state index is -0.640. The first-order valence-electron chi connectivity index (χ1n) is 7.08. The molecule has 1 aromatic carbocycles. The molecule has 0 saturated carbocycles. The number of aromatic amines is 1. The fourth-order valence-electron chi connectivity index (χ4n) is 2.16. The minimum absolute atomic E-state index is 0.207. The molecular weight excluding hydrogens is 302 g/mol. The zero-order valence-electron chi connectivity index (χ0n) is 12.6. The fraction of sp³-hybridized carbons (Fsp3) is 0.333. The van der Waals surface area contributed by atoms with E-state index < -0.39 is 11.2 Å². The molecule has 1 aromatic heterocycles. The lowest BCUT2D eigenvalue weighted by Gasteiger charge is -2.09. The molecule has 1 heterocycles. The Labute approximate surface area is 131 Å². The van der Waals surface area contributed by atoms with Gasteiger partial charge >= 0.3 is 11.7 Å². The van der Waals surface area contributed by atoms with Crippen molar-refractivity contribution >= 4 is 22.8 Å². The van der Waals surface area contributed by atoms with E-state index in [9.17, 15) is 19.2 Å². The summed E-state index contributed by atoms with van der Waals surface area (Å²) in [6, 6.07) is 6.56. The summed E-state index contributed by atoms with van der Waals surface area (Å²) in [7, 11) is 1.30. The first-order chi connectivity index (χ1) is 11.0. The second-order valence-corrected chi connectivity index (χ2v) is 4.89. The molecule has 0 aliphatic rings. The molecule has 122 valence electrons. The Morgan fingerprint density at radius 1 is 1.26 bits per heavy atom. The Hall–Kier alpha value is -2.90.